The zero-order valence-corrected chi connectivity index (χ0v) is 12.2. The van der Waals surface area contributed by atoms with Crippen molar-refractivity contribution in [2.75, 3.05) is 0 Å². The van der Waals surface area contributed by atoms with Gasteiger partial charge in [0.2, 0.25) is 0 Å². The molecule has 0 aromatic rings. The van der Waals surface area contributed by atoms with Gasteiger partial charge in [0.15, 0.2) is 0 Å². The molecule has 0 aromatic carbocycles. The quantitative estimate of drug-likeness (QED) is 0.242. The number of hydrogen-bond acceptors (Lipinski definition) is 4. The molecule has 38 valence electrons. The summed E-state index contributed by atoms with van der Waals surface area (Å²) < 4.78 is 34.1. The first-order valence-electron chi connectivity index (χ1n) is 0.667. The van der Waals surface area contributed by atoms with Gasteiger partial charge in [-0.15, -0.1) is 0 Å². The summed E-state index contributed by atoms with van der Waals surface area (Å²) >= 11 is 0. The Bertz CT molecular complexity index is 102. The second-order valence-electron chi connectivity index (χ2n) is 0.408. The molecule has 0 spiro atoms. The standard InChI is InChI=1S/Fe.2Na.H2O4S.V/c;;;1-5(2,3)4;/h;;;(H2,1,2,3,4);/q+2;2*+1;;+5/p-2. The van der Waals surface area contributed by atoms with Gasteiger partial charge in [0.25, 0.3) is 0 Å². The fraction of sp³-hybridized carbons (Fsp3) is 0. The predicted molar refractivity (Wildman–Crippen MR) is 10.5 cm³/mol. The molecule has 0 unspecified atom stereocenters. The van der Waals surface area contributed by atoms with Crippen LogP contribution >= 0.6 is 0 Å². The Hall–Kier alpha value is 2.97. The first kappa shape index (κ1) is 29.6. The summed E-state index contributed by atoms with van der Waals surface area (Å²) in [6, 6.07) is 0. The van der Waals surface area contributed by atoms with E-state index in [1.54, 1.807) is 0 Å². The molecule has 0 atom stereocenters. The van der Waals surface area contributed by atoms with E-state index in [9.17, 15) is 0 Å². The van der Waals surface area contributed by atoms with Gasteiger partial charge in [0.1, 0.15) is 0 Å². The Morgan fingerprint density at radius 1 is 1.00 bits per heavy atom. The van der Waals surface area contributed by atoms with E-state index in [1.165, 1.54) is 0 Å². The number of hydrogen-bond donors (Lipinski definition) is 0. The van der Waals surface area contributed by atoms with Crippen LogP contribution in [0.25, 0.3) is 0 Å². The average Bonchev–Trinajstić information content (AvgIpc) is 0.722. The third kappa shape index (κ3) is 99.9. The molecule has 0 saturated heterocycles. The van der Waals surface area contributed by atoms with E-state index in [0.717, 1.165) is 0 Å². The van der Waals surface area contributed by atoms with Crippen molar-refractivity contribution in [1.29, 1.82) is 0 Å². The van der Waals surface area contributed by atoms with Gasteiger partial charge in [-0.25, -0.2) is 0 Å². The summed E-state index contributed by atoms with van der Waals surface area (Å²) in [4.78, 5) is 0. The van der Waals surface area contributed by atoms with Gasteiger partial charge in [-0.3, -0.25) is 8.42 Å². The van der Waals surface area contributed by atoms with Crippen LogP contribution in [0.15, 0.2) is 0 Å². The molecule has 9 heavy (non-hydrogen) atoms. The van der Waals surface area contributed by atoms with Crippen molar-refractivity contribution >= 4 is 10.4 Å². The molecule has 0 aliphatic rings. The molecule has 0 bridgehead atoms. The fourth-order valence-corrected chi connectivity index (χ4v) is 0. The Morgan fingerprint density at radius 2 is 1.00 bits per heavy atom. The summed E-state index contributed by atoms with van der Waals surface area (Å²) in [7, 11) is -5.17. The zero-order valence-electron chi connectivity index (χ0n) is 4.84. The largest absolute Gasteiger partial charge is 5.00 e. The minimum atomic E-state index is -5.17. The molecular weight excluding hydrogens is 249 g/mol. The second-order valence-corrected chi connectivity index (χ2v) is 1.22. The van der Waals surface area contributed by atoms with Gasteiger partial charge in [-0.1, -0.05) is 0 Å². The summed E-state index contributed by atoms with van der Waals surface area (Å²) in [5, 5.41) is 0. The van der Waals surface area contributed by atoms with Gasteiger partial charge in [-0.2, -0.15) is 0 Å². The van der Waals surface area contributed by atoms with Crippen LogP contribution in [0.4, 0.5) is 0 Å². The smallest absolute Gasteiger partial charge is 0.759 e. The topological polar surface area (TPSA) is 80.3 Å². The fourth-order valence-electron chi connectivity index (χ4n) is 0. The molecule has 0 N–H and O–H groups in total. The Labute approximate surface area is 120 Å². The second kappa shape index (κ2) is 13.6. The third-order valence-electron chi connectivity index (χ3n) is 0. The normalized spacial score (nSPS) is 6.44. The van der Waals surface area contributed by atoms with Crippen LogP contribution in [0.2, 0.25) is 0 Å². The molecule has 0 saturated carbocycles. The Morgan fingerprint density at radius 3 is 1.00 bits per heavy atom. The zero-order chi connectivity index (χ0) is 4.50. The third-order valence-corrected chi connectivity index (χ3v) is 0. The molecule has 0 rings (SSSR count). The van der Waals surface area contributed by atoms with Crippen molar-refractivity contribution in [3.8, 4) is 0 Å². The molecule has 0 fully saturated rings. The van der Waals surface area contributed by atoms with Crippen LogP contribution in [0.1, 0.15) is 0 Å². The van der Waals surface area contributed by atoms with E-state index >= 15 is 0 Å². The summed E-state index contributed by atoms with van der Waals surface area (Å²) in [5.41, 5.74) is 0. The van der Waals surface area contributed by atoms with Crippen molar-refractivity contribution in [2.45, 2.75) is 0 Å². The first-order chi connectivity index (χ1) is 2.00. The van der Waals surface area contributed by atoms with Crippen LogP contribution < -0.4 is 59.1 Å². The van der Waals surface area contributed by atoms with Crippen LogP contribution in [0.5, 0.6) is 0 Å². The molecule has 0 radical (unpaired) electrons. The van der Waals surface area contributed by atoms with Gasteiger partial charge in [-0.05, 0) is 0 Å². The molecule has 0 aliphatic heterocycles. The van der Waals surface area contributed by atoms with E-state index < -0.39 is 10.4 Å². The molecule has 0 heterocycles. The monoisotopic (exact) mass is 249 g/mol. The van der Waals surface area contributed by atoms with Crippen LogP contribution in [-0.4, -0.2) is 17.5 Å². The molecule has 0 aliphatic carbocycles. The van der Waals surface area contributed by atoms with Crippen molar-refractivity contribution < 1.29 is 112 Å². The van der Waals surface area contributed by atoms with Crippen molar-refractivity contribution in [3.05, 3.63) is 0 Å². The van der Waals surface area contributed by atoms with Crippen molar-refractivity contribution in [3.63, 3.8) is 0 Å². The maximum atomic E-state index is 8.52. The van der Waals surface area contributed by atoms with Gasteiger partial charge >= 0.3 is 94.7 Å². The van der Waals surface area contributed by atoms with Crippen LogP contribution in [0.3, 0.4) is 0 Å². The SMILES string of the molecule is O=S(=O)([O-])[O-].[Fe+2].[Na+].[Na+].[V+5]. The Kier molecular flexibility index (Phi) is 44.7. The maximum Gasteiger partial charge on any atom is 5.00 e. The van der Waals surface area contributed by atoms with Gasteiger partial charge in [0, 0.05) is 10.4 Å². The average molecular weight is 249 g/mol. The van der Waals surface area contributed by atoms with E-state index in [-0.39, 0.29) is 94.7 Å². The van der Waals surface area contributed by atoms with Gasteiger partial charge < -0.3 is 9.11 Å². The maximum absolute atomic E-state index is 8.52. The van der Waals surface area contributed by atoms with Crippen molar-refractivity contribution in [1.82, 2.24) is 0 Å². The van der Waals surface area contributed by atoms with Crippen LogP contribution in [0, 0.1) is 0 Å². The Balaban J connectivity index is -0.0000000133. The molecule has 0 amide bonds. The van der Waals surface area contributed by atoms with E-state index in [4.69, 9.17) is 17.5 Å². The van der Waals surface area contributed by atoms with E-state index in [2.05, 4.69) is 0 Å². The van der Waals surface area contributed by atoms with E-state index in [1.807, 2.05) is 0 Å². The minimum absolute atomic E-state index is 0. The van der Waals surface area contributed by atoms with Crippen molar-refractivity contribution in [2.24, 2.45) is 0 Å². The summed E-state index contributed by atoms with van der Waals surface area (Å²) in [6.45, 7) is 0. The molecule has 4 nitrogen and oxygen atoms in total. The minimum Gasteiger partial charge on any atom is -0.759 e. The first-order valence-corrected chi connectivity index (χ1v) is 2.00. The molecule has 9 heteroatoms. The molecule has 0 aromatic heterocycles. The number of rotatable bonds is 0. The van der Waals surface area contributed by atoms with Gasteiger partial charge in [0.05, 0.1) is 0 Å². The summed E-state index contributed by atoms with van der Waals surface area (Å²) in [5.74, 6) is 0. The predicted octanol–water partition coefficient (Wildman–Crippen LogP) is -7.33. The van der Waals surface area contributed by atoms with Crippen LogP contribution in [-0.2, 0) is 46.0 Å². The summed E-state index contributed by atoms with van der Waals surface area (Å²) in [6.07, 6.45) is 0. The van der Waals surface area contributed by atoms with E-state index in [0.29, 0.717) is 0 Å². The molecular formula is FeNa2O4SV+7.